The van der Waals surface area contributed by atoms with Crippen molar-refractivity contribution in [2.45, 2.75) is 269 Å². The van der Waals surface area contributed by atoms with Crippen LogP contribution in [0.4, 0.5) is 0 Å². The zero-order chi connectivity index (χ0) is 44.4. The average molecular weight is 867 g/mol. The van der Waals surface area contributed by atoms with Crippen molar-refractivity contribution in [2.75, 3.05) is 19.8 Å². The van der Waals surface area contributed by atoms with E-state index in [-0.39, 0.29) is 32.0 Å². The molecule has 10 heteroatoms. The number of ether oxygens (including phenoxy) is 4. The van der Waals surface area contributed by atoms with Crippen molar-refractivity contribution in [2.24, 2.45) is 0 Å². The number of hydrogen-bond donors (Lipinski definition) is 4. The van der Waals surface area contributed by atoms with Crippen LogP contribution in [-0.4, -0.2) is 89.0 Å². The van der Waals surface area contributed by atoms with Crippen LogP contribution in [0, 0.1) is 0 Å². The fraction of sp³-hybridized carbons (Fsp3) is 0.882. The van der Waals surface area contributed by atoms with E-state index in [1.165, 1.54) is 135 Å². The first-order valence-electron chi connectivity index (χ1n) is 25.4. The van der Waals surface area contributed by atoms with E-state index in [1.54, 1.807) is 0 Å². The standard InChI is InChI=1S/C51H94O10/c1-3-5-7-9-11-13-15-17-18-19-20-21-22-23-24-25-26-28-29-31-33-35-37-39-46(53)58-42-44(43-59-51-50(57)49(56)48(55)45(41-52)61-51)60-47(54)40-38-36-34-32-30-27-16-14-12-10-8-6-4-2/h8,10,14,16,44-45,48-52,55-57H,3-7,9,11-13,15,17-43H2,1-2H3/b10-8-,16-14-. The lowest BCUT2D eigenvalue weighted by Gasteiger charge is -2.39. The van der Waals surface area contributed by atoms with Gasteiger partial charge in [0.05, 0.1) is 13.2 Å². The van der Waals surface area contributed by atoms with Gasteiger partial charge in [-0.25, -0.2) is 0 Å². The molecule has 1 aliphatic rings. The van der Waals surface area contributed by atoms with Gasteiger partial charge >= 0.3 is 11.9 Å². The van der Waals surface area contributed by atoms with Crippen molar-refractivity contribution in [1.29, 1.82) is 0 Å². The highest BCUT2D eigenvalue weighted by Gasteiger charge is 2.44. The van der Waals surface area contributed by atoms with E-state index in [0.717, 1.165) is 64.2 Å². The molecule has 4 N–H and O–H groups in total. The molecule has 0 spiro atoms. The van der Waals surface area contributed by atoms with E-state index in [0.29, 0.717) is 6.42 Å². The molecule has 1 saturated heterocycles. The Hall–Kier alpha value is -1.82. The zero-order valence-electron chi connectivity index (χ0n) is 39.2. The summed E-state index contributed by atoms with van der Waals surface area (Å²) in [6.07, 6.45) is 40.6. The van der Waals surface area contributed by atoms with Crippen LogP contribution in [-0.2, 0) is 28.5 Å². The van der Waals surface area contributed by atoms with Crippen molar-refractivity contribution in [3.63, 3.8) is 0 Å². The minimum atomic E-state index is -1.60. The van der Waals surface area contributed by atoms with Crippen LogP contribution in [0.3, 0.4) is 0 Å². The van der Waals surface area contributed by atoms with Gasteiger partial charge in [0.1, 0.15) is 31.0 Å². The highest BCUT2D eigenvalue weighted by molar-refractivity contribution is 5.70. The monoisotopic (exact) mass is 867 g/mol. The minimum absolute atomic E-state index is 0.216. The number of esters is 2. The molecule has 0 aromatic rings. The molecular weight excluding hydrogens is 773 g/mol. The lowest BCUT2D eigenvalue weighted by molar-refractivity contribution is -0.305. The average Bonchev–Trinajstić information content (AvgIpc) is 3.26. The number of allylic oxidation sites excluding steroid dienone is 4. The highest BCUT2D eigenvalue weighted by Crippen LogP contribution is 2.23. The van der Waals surface area contributed by atoms with Crippen LogP contribution in [0.15, 0.2) is 24.3 Å². The first kappa shape index (κ1) is 57.2. The van der Waals surface area contributed by atoms with Gasteiger partial charge in [-0.1, -0.05) is 205 Å². The van der Waals surface area contributed by atoms with Crippen molar-refractivity contribution in [1.82, 2.24) is 0 Å². The summed E-state index contributed by atoms with van der Waals surface area (Å²) in [5.41, 5.74) is 0. The minimum Gasteiger partial charge on any atom is -0.462 e. The van der Waals surface area contributed by atoms with E-state index in [4.69, 9.17) is 18.9 Å². The number of aliphatic hydroxyl groups excluding tert-OH is 4. The zero-order valence-corrected chi connectivity index (χ0v) is 39.2. The molecule has 1 heterocycles. The second-order valence-corrected chi connectivity index (χ2v) is 17.6. The van der Waals surface area contributed by atoms with Crippen LogP contribution >= 0.6 is 0 Å². The SMILES string of the molecule is CCC/C=C\C/C=C\CCCCCCCC(=O)OC(COC(=O)CCCCCCCCCCCCCCCCCCCCCCCCC)COC1OC(CO)C(O)C(O)C1O. The molecule has 0 aliphatic carbocycles. The van der Waals surface area contributed by atoms with E-state index < -0.39 is 49.4 Å². The molecule has 0 aromatic carbocycles. The molecular formula is C51H94O10. The Labute approximate surface area is 373 Å². The van der Waals surface area contributed by atoms with Crippen LogP contribution < -0.4 is 0 Å². The van der Waals surface area contributed by atoms with Crippen LogP contribution in [0.5, 0.6) is 0 Å². The molecule has 10 nitrogen and oxygen atoms in total. The number of carbonyl (C=O) groups excluding carboxylic acids is 2. The summed E-state index contributed by atoms with van der Waals surface area (Å²) in [7, 11) is 0. The topological polar surface area (TPSA) is 152 Å². The molecule has 1 fully saturated rings. The largest absolute Gasteiger partial charge is 0.462 e. The Morgan fingerprint density at radius 1 is 0.508 bits per heavy atom. The quantitative estimate of drug-likeness (QED) is 0.0265. The predicted octanol–water partition coefficient (Wildman–Crippen LogP) is 11.7. The van der Waals surface area contributed by atoms with Gasteiger partial charge in [-0.05, 0) is 38.5 Å². The second kappa shape index (κ2) is 42.1. The van der Waals surface area contributed by atoms with Crippen LogP contribution in [0.25, 0.3) is 0 Å². The number of carbonyl (C=O) groups is 2. The summed E-state index contributed by atoms with van der Waals surface area (Å²) in [5, 5.41) is 40.1. The predicted molar refractivity (Wildman–Crippen MR) is 247 cm³/mol. The number of rotatable bonds is 43. The maximum atomic E-state index is 12.8. The number of aliphatic hydroxyl groups is 4. The van der Waals surface area contributed by atoms with Crippen LogP contribution in [0.2, 0.25) is 0 Å². The normalized spacial score (nSPS) is 19.9. The van der Waals surface area contributed by atoms with Gasteiger partial charge in [0.25, 0.3) is 0 Å². The molecule has 0 aromatic heterocycles. The Bertz CT molecular complexity index is 1050. The van der Waals surface area contributed by atoms with Gasteiger partial charge in [0.2, 0.25) is 0 Å². The first-order chi connectivity index (χ1) is 29.8. The summed E-state index contributed by atoms with van der Waals surface area (Å²) in [5.74, 6) is -0.812. The van der Waals surface area contributed by atoms with Gasteiger partial charge in [0.15, 0.2) is 12.4 Å². The maximum Gasteiger partial charge on any atom is 0.306 e. The lowest BCUT2D eigenvalue weighted by Crippen LogP contribution is -2.59. The third-order valence-electron chi connectivity index (χ3n) is 11.8. The van der Waals surface area contributed by atoms with Crippen LogP contribution in [0.1, 0.15) is 232 Å². The third-order valence-corrected chi connectivity index (χ3v) is 11.8. The molecule has 0 amide bonds. The summed E-state index contributed by atoms with van der Waals surface area (Å²) in [4.78, 5) is 25.4. The smallest absolute Gasteiger partial charge is 0.306 e. The molecule has 0 saturated carbocycles. The van der Waals surface area contributed by atoms with Crippen molar-refractivity contribution in [3.05, 3.63) is 24.3 Å². The molecule has 61 heavy (non-hydrogen) atoms. The molecule has 1 rings (SSSR count). The maximum absolute atomic E-state index is 12.8. The highest BCUT2D eigenvalue weighted by atomic mass is 16.7. The van der Waals surface area contributed by atoms with Gasteiger partial charge in [-0.2, -0.15) is 0 Å². The molecule has 358 valence electrons. The van der Waals surface area contributed by atoms with Gasteiger partial charge < -0.3 is 39.4 Å². The van der Waals surface area contributed by atoms with Crippen molar-refractivity contribution >= 4 is 11.9 Å². The fourth-order valence-electron chi connectivity index (χ4n) is 7.82. The summed E-state index contributed by atoms with van der Waals surface area (Å²) < 4.78 is 22.2. The Kier molecular flexibility index (Phi) is 39.5. The summed E-state index contributed by atoms with van der Waals surface area (Å²) >= 11 is 0. The summed E-state index contributed by atoms with van der Waals surface area (Å²) in [6.45, 7) is 3.38. The number of unbranched alkanes of at least 4 members (excludes halogenated alkanes) is 28. The third kappa shape index (κ3) is 33.4. The molecule has 1 aliphatic heterocycles. The first-order valence-corrected chi connectivity index (χ1v) is 25.4. The Balaban J connectivity index is 2.21. The van der Waals surface area contributed by atoms with E-state index in [9.17, 15) is 30.0 Å². The lowest BCUT2D eigenvalue weighted by atomic mass is 9.99. The molecule has 0 radical (unpaired) electrons. The Morgan fingerprint density at radius 2 is 0.951 bits per heavy atom. The van der Waals surface area contributed by atoms with E-state index in [1.807, 2.05) is 0 Å². The fourth-order valence-corrected chi connectivity index (χ4v) is 7.82. The van der Waals surface area contributed by atoms with Gasteiger partial charge in [-0.3, -0.25) is 9.59 Å². The Morgan fingerprint density at radius 3 is 1.43 bits per heavy atom. The van der Waals surface area contributed by atoms with E-state index in [2.05, 4.69) is 38.2 Å². The number of hydrogen-bond acceptors (Lipinski definition) is 10. The van der Waals surface area contributed by atoms with E-state index >= 15 is 0 Å². The second-order valence-electron chi connectivity index (χ2n) is 17.6. The summed E-state index contributed by atoms with van der Waals surface area (Å²) in [6, 6.07) is 0. The molecule has 6 unspecified atom stereocenters. The molecule has 6 atom stereocenters. The van der Waals surface area contributed by atoms with Crippen molar-refractivity contribution in [3.8, 4) is 0 Å². The van der Waals surface area contributed by atoms with Gasteiger partial charge in [0, 0.05) is 12.8 Å². The van der Waals surface area contributed by atoms with Gasteiger partial charge in [-0.15, -0.1) is 0 Å². The van der Waals surface area contributed by atoms with Crippen molar-refractivity contribution < 1.29 is 49.0 Å². The molecule has 0 bridgehead atoms.